The summed E-state index contributed by atoms with van der Waals surface area (Å²) >= 11 is 0. The molecule has 1 aliphatic heterocycles. The fraction of sp³-hybridized carbons (Fsp3) is 0.696. The highest BCUT2D eigenvalue weighted by Crippen LogP contribution is 2.53. The molecule has 0 bridgehead atoms. The number of ether oxygens (including phenoxy) is 3. The van der Waals surface area contributed by atoms with E-state index in [0.717, 1.165) is 11.1 Å². The van der Waals surface area contributed by atoms with E-state index >= 15 is 0 Å². The van der Waals surface area contributed by atoms with E-state index in [1.165, 1.54) is 0 Å². The Hall–Kier alpha value is -2.11. The summed E-state index contributed by atoms with van der Waals surface area (Å²) in [5, 5.41) is 0. The second-order valence-corrected chi connectivity index (χ2v) is 9.28. The molecule has 6 heteroatoms. The van der Waals surface area contributed by atoms with E-state index in [9.17, 15) is 14.4 Å². The highest BCUT2D eigenvalue weighted by Gasteiger charge is 2.58. The van der Waals surface area contributed by atoms with Crippen LogP contribution in [0, 0.1) is 35.5 Å². The van der Waals surface area contributed by atoms with Crippen molar-refractivity contribution in [2.45, 2.75) is 65.8 Å². The Labute approximate surface area is 172 Å². The molecule has 7 unspecified atom stereocenters. The van der Waals surface area contributed by atoms with Crippen molar-refractivity contribution in [2.24, 2.45) is 35.5 Å². The molecule has 2 saturated carbocycles. The molecule has 0 aromatic heterocycles. The lowest BCUT2D eigenvalue weighted by Crippen LogP contribution is -2.38. The molecule has 0 N–H and O–H groups in total. The zero-order chi connectivity index (χ0) is 21.6. The van der Waals surface area contributed by atoms with Crippen LogP contribution in [-0.4, -0.2) is 36.2 Å². The van der Waals surface area contributed by atoms with Crippen molar-refractivity contribution in [1.82, 2.24) is 0 Å². The van der Waals surface area contributed by atoms with Crippen LogP contribution in [0.1, 0.15) is 47.5 Å². The number of fused-ring (bicyclic) bond motifs is 3. The molecule has 6 nitrogen and oxygen atoms in total. The SMILES string of the molecule is C=C1CC(OC(=O)C(C)C)C2C(C)C(=O)OC2C2C(=C)C(OC(=O)C(C)C)CC12. The summed E-state index contributed by atoms with van der Waals surface area (Å²) < 4.78 is 17.3. The van der Waals surface area contributed by atoms with Gasteiger partial charge in [0.1, 0.15) is 18.3 Å². The van der Waals surface area contributed by atoms with Crippen molar-refractivity contribution in [2.75, 3.05) is 0 Å². The number of rotatable bonds is 4. The van der Waals surface area contributed by atoms with Gasteiger partial charge in [0.2, 0.25) is 0 Å². The van der Waals surface area contributed by atoms with Crippen molar-refractivity contribution in [3.63, 3.8) is 0 Å². The lowest BCUT2D eigenvalue weighted by molar-refractivity contribution is -0.157. The first-order chi connectivity index (χ1) is 13.5. The second kappa shape index (κ2) is 7.96. The third-order valence-corrected chi connectivity index (χ3v) is 6.56. The molecule has 29 heavy (non-hydrogen) atoms. The first kappa shape index (κ1) is 21.6. The number of hydrogen-bond acceptors (Lipinski definition) is 6. The molecule has 1 saturated heterocycles. The second-order valence-electron chi connectivity index (χ2n) is 9.28. The third-order valence-electron chi connectivity index (χ3n) is 6.56. The Kier molecular flexibility index (Phi) is 5.93. The number of hydrogen-bond donors (Lipinski definition) is 0. The van der Waals surface area contributed by atoms with Gasteiger partial charge >= 0.3 is 17.9 Å². The summed E-state index contributed by atoms with van der Waals surface area (Å²) in [6, 6.07) is 0. The van der Waals surface area contributed by atoms with Gasteiger partial charge in [0.25, 0.3) is 0 Å². The van der Waals surface area contributed by atoms with Gasteiger partial charge in [0.15, 0.2) is 0 Å². The van der Waals surface area contributed by atoms with Gasteiger partial charge in [-0.15, -0.1) is 0 Å². The Morgan fingerprint density at radius 3 is 2.24 bits per heavy atom. The fourth-order valence-corrected chi connectivity index (χ4v) is 4.82. The molecule has 3 fully saturated rings. The van der Waals surface area contributed by atoms with Crippen LogP contribution in [0.3, 0.4) is 0 Å². The summed E-state index contributed by atoms with van der Waals surface area (Å²) in [4.78, 5) is 36.9. The van der Waals surface area contributed by atoms with Gasteiger partial charge in [-0.05, 0) is 17.9 Å². The number of carbonyl (C=O) groups excluding carboxylic acids is 3. The molecule has 0 aromatic carbocycles. The highest BCUT2D eigenvalue weighted by molar-refractivity contribution is 5.76. The van der Waals surface area contributed by atoms with Gasteiger partial charge < -0.3 is 14.2 Å². The fourth-order valence-electron chi connectivity index (χ4n) is 4.82. The Balaban J connectivity index is 1.90. The van der Waals surface area contributed by atoms with Crippen molar-refractivity contribution in [3.05, 3.63) is 24.3 Å². The minimum atomic E-state index is -0.459. The maximum absolute atomic E-state index is 12.4. The monoisotopic (exact) mass is 404 g/mol. The van der Waals surface area contributed by atoms with E-state index in [1.807, 2.05) is 6.92 Å². The standard InChI is InChI=1S/C23H32O6/c1-10(2)21(24)27-16-9-15-12(5)8-17(28-22(25)11(3)4)19-14(7)23(26)29-20(19)18(15)13(16)6/h10-11,14-20H,5-6,8-9H2,1-4,7H3. The van der Waals surface area contributed by atoms with Gasteiger partial charge in [-0.3, -0.25) is 14.4 Å². The summed E-state index contributed by atoms with van der Waals surface area (Å²) in [6.45, 7) is 17.5. The van der Waals surface area contributed by atoms with Gasteiger partial charge in [-0.2, -0.15) is 0 Å². The summed E-state index contributed by atoms with van der Waals surface area (Å²) in [5.74, 6) is -2.20. The zero-order valence-electron chi connectivity index (χ0n) is 18.0. The van der Waals surface area contributed by atoms with Crippen LogP contribution in [0.4, 0.5) is 0 Å². The van der Waals surface area contributed by atoms with E-state index in [4.69, 9.17) is 14.2 Å². The Morgan fingerprint density at radius 2 is 1.66 bits per heavy atom. The van der Waals surface area contributed by atoms with E-state index in [2.05, 4.69) is 13.2 Å². The molecule has 0 radical (unpaired) electrons. The van der Waals surface area contributed by atoms with Crippen LogP contribution in [0.15, 0.2) is 24.3 Å². The lowest BCUT2D eigenvalue weighted by Gasteiger charge is -2.30. The van der Waals surface area contributed by atoms with Gasteiger partial charge in [0, 0.05) is 18.3 Å². The maximum Gasteiger partial charge on any atom is 0.309 e. The maximum atomic E-state index is 12.4. The molecule has 0 amide bonds. The van der Waals surface area contributed by atoms with Crippen LogP contribution in [-0.2, 0) is 28.6 Å². The summed E-state index contributed by atoms with van der Waals surface area (Å²) in [6.07, 6.45) is -0.289. The minimum absolute atomic E-state index is 0.0270. The highest BCUT2D eigenvalue weighted by atomic mass is 16.6. The molecule has 0 aromatic rings. The van der Waals surface area contributed by atoms with Gasteiger partial charge in [-0.1, -0.05) is 53.3 Å². The molecule has 3 aliphatic rings. The topological polar surface area (TPSA) is 78.9 Å². The molecular weight excluding hydrogens is 372 g/mol. The smallest absolute Gasteiger partial charge is 0.309 e. The van der Waals surface area contributed by atoms with Crippen molar-refractivity contribution in [1.29, 1.82) is 0 Å². The third kappa shape index (κ3) is 3.86. The molecule has 0 spiro atoms. The van der Waals surface area contributed by atoms with Crippen LogP contribution < -0.4 is 0 Å². The summed E-state index contributed by atoms with van der Waals surface area (Å²) in [7, 11) is 0. The molecule has 2 aliphatic carbocycles. The number of esters is 3. The van der Waals surface area contributed by atoms with Crippen molar-refractivity contribution >= 4 is 17.9 Å². The summed E-state index contributed by atoms with van der Waals surface area (Å²) in [5.41, 5.74) is 1.69. The molecule has 3 rings (SSSR count). The van der Waals surface area contributed by atoms with Crippen LogP contribution in [0.5, 0.6) is 0 Å². The van der Waals surface area contributed by atoms with E-state index in [-0.39, 0.29) is 53.4 Å². The molecule has 160 valence electrons. The zero-order valence-corrected chi connectivity index (χ0v) is 18.0. The van der Waals surface area contributed by atoms with Gasteiger partial charge in [0.05, 0.1) is 17.8 Å². The first-order valence-electron chi connectivity index (χ1n) is 10.5. The average molecular weight is 405 g/mol. The lowest BCUT2D eigenvalue weighted by atomic mass is 9.79. The van der Waals surface area contributed by atoms with Crippen LogP contribution in [0.2, 0.25) is 0 Å². The van der Waals surface area contributed by atoms with Crippen molar-refractivity contribution < 1.29 is 28.6 Å². The minimum Gasteiger partial charge on any atom is -0.461 e. The van der Waals surface area contributed by atoms with Gasteiger partial charge in [-0.25, -0.2) is 0 Å². The van der Waals surface area contributed by atoms with Crippen molar-refractivity contribution in [3.8, 4) is 0 Å². The quantitative estimate of drug-likeness (QED) is 0.406. The molecular formula is C23H32O6. The van der Waals surface area contributed by atoms with E-state index in [1.54, 1.807) is 27.7 Å². The van der Waals surface area contributed by atoms with Crippen LogP contribution in [0.25, 0.3) is 0 Å². The number of carbonyl (C=O) groups is 3. The Bertz CT molecular complexity index is 736. The predicted molar refractivity (Wildman–Crippen MR) is 106 cm³/mol. The molecule has 1 heterocycles. The van der Waals surface area contributed by atoms with Crippen LogP contribution >= 0.6 is 0 Å². The largest absolute Gasteiger partial charge is 0.461 e. The van der Waals surface area contributed by atoms with E-state index in [0.29, 0.717) is 12.8 Å². The predicted octanol–water partition coefficient (Wildman–Crippen LogP) is 3.45. The molecule has 7 atom stereocenters. The average Bonchev–Trinajstić information content (AvgIpc) is 3.07. The Morgan fingerprint density at radius 1 is 1.07 bits per heavy atom. The first-order valence-corrected chi connectivity index (χ1v) is 10.5. The normalized spacial score (nSPS) is 36.5. The van der Waals surface area contributed by atoms with E-state index < -0.39 is 18.3 Å².